The van der Waals surface area contributed by atoms with Crippen LogP contribution in [0.1, 0.15) is 19.8 Å². The Morgan fingerprint density at radius 2 is 1.88 bits per heavy atom. The largest absolute Gasteiger partial charge is 2.00 e. The van der Waals surface area contributed by atoms with Crippen LogP contribution in [0.4, 0.5) is 0 Å². The summed E-state index contributed by atoms with van der Waals surface area (Å²) in [5, 5.41) is 0. The van der Waals surface area contributed by atoms with Gasteiger partial charge in [0.1, 0.15) is 0 Å². The van der Waals surface area contributed by atoms with Gasteiger partial charge in [0.2, 0.25) is 0 Å². The molecule has 0 aromatic rings. The van der Waals surface area contributed by atoms with E-state index in [1.807, 2.05) is 0 Å². The van der Waals surface area contributed by atoms with Crippen LogP contribution in [0.3, 0.4) is 0 Å². The summed E-state index contributed by atoms with van der Waals surface area (Å²) in [4.78, 5) is 0. The van der Waals surface area contributed by atoms with Gasteiger partial charge in [-0.1, -0.05) is 6.92 Å². The fraction of sp³-hybridized carbons (Fsp3) is 0.667. The molecule has 2 heteroatoms. The molecule has 0 fully saturated rings. The molecule has 0 saturated carbocycles. The van der Waals surface area contributed by atoms with Crippen LogP contribution >= 0.6 is 0 Å². The molecule has 1 nitrogen and oxygen atoms in total. The third-order valence-corrected chi connectivity index (χ3v) is 0.697. The maximum atomic E-state index is 3.79. The Kier molecular flexibility index (Phi) is 21.0. The molecule has 2 N–H and O–H groups in total. The van der Waals surface area contributed by atoms with Gasteiger partial charge in [-0.25, -0.2) is 0 Å². The molecule has 0 rings (SSSR count). The van der Waals surface area contributed by atoms with Crippen molar-refractivity contribution in [1.29, 1.82) is 0 Å². The summed E-state index contributed by atoms with van der Waals surface area (Å²) in [6.45, 7) is 9.58. The molecule has 0 aliphatic rings. The van der Waals surface area contributed by atoms with Crippen molar-refractivity contribution in [2.75, 3.05) is 0 Å². The minimum atomic E-state index is 0. The summed E-state index contributed by atoms with van der Waals surface area (Å²) in [6, 6.07) is 0. The summed E-state index contributed by atoms with van der Waals surface area (Å²) in [5.41, 5.74) is 0. The molecule has 0 aliphatic heterocycles. The standard InChI is InChI=1S/C6H12.H2O.W/c1-4-5-6(2)3;;/h6H,1-2,4-5H2,3H3;1H2;/q-2;;+2. The van der Waals surface area contributed by atoms with Crippen LogP contribution in [0.15, 0.2) is 0 Å². The smallest absolute Gasteiger partial charge is 0.412 e. The first-order valence-electron chi connectivity index (χ1n) is 2.39. The van der Waals surface area contributed by atoms with Crippen LogP contribution in [-0.4, -0.2) is 5.48 Å². The number of hydrogen-bond donors (Lipinski definition) is 0. The molecule has 0 saturated heterocycles. The second-order valence-corrected chi connectivity index (χ2v) is 1.75. The Hall–Kier alpha value is 0.648. The molecule has 0 aromatic heterocycles. The van der Waals surface area contributed by atoms with E-state index in [1.165, 1.54) is 0 Å². The summed E-state index contributed by atoms with van der Waals surface area (Å²) in [6.07, 6.45) is 2.17. The molecule has 0 heterocycles. The van der Waals surface area contributed by atoms with Crippen molar-refractivity contribution in [2.45, 2.75) is 19.8 Å². The second-order valence-electron chi connectivity index (χ2n) is 1.75. The molecule has 50 valence electrons. The van der Waals surface area contributed by atoms with Crippen molar-refractivity contribution in [3.05, 3.63) is 13.8 Å². The molecule has 0 aromatic carbocycles. The van der Waals surface area contributed by atoms with E-state index in [4.69, 9.17) is 0 Å². The minimum absolute atomic E-state index is 0. The van der Waals surface area contributed by atoms with Crippen LogP contribution in [0.5, 0.6) is 0 Å². The van der Waals surface area contributed by atoms with E-state index >= 15 is 0 Å². The molecule has 1 atom stereocenters. The van der Waals surface area contributed by atoms with E-state index in [0.717, 1.165) is 12.8 Å². The first kappa shape index (κ1) is 15.9. The van der Waals surface area contributed by atoms with E-state index in [2.05, 4.69) is 20.8 Å². The third kappa shape index (κ3) is 15.9. The maximum absolute atomic E-state index is 3.79. The van der Waals surface area contributed by atoms with Crippen molar-refractivity contribution in [3.8, 4) is 0 Å². The number of hydrogen-bond acceptors (Lipinski definition) is 0. The summed E-state index contributed by atoms with van der Waals surface area (Å²) in [5.74, 6) is 0.586. The Balaban J connectivity index is -0.000000125. The minimum Gasteiger partial charge on any atom is -0.412 e. The van der Waals surface area contributed by atoms with Crippen LogP contribution in [0, 0.1) is 19.8 Å². The maximum Gasteiger partial charge on any atom is 2.00 e. The molecule has 0 amide bonds. The zero-order valence-electron chi connectivity index (χ0n) is 5.31. The van der Waals surface area contributed by atoms with Crippen molar-refractivity contribution in [2.24, 2.45) is 5.92 Å². The fourth-order valence-electron chi connectivity index (χ4n) is 0.348. The summed E-state index contributed by atoms with van der Waals surface area (Å²) < 4.78 is 0. The van der Waals surface area contributed by atoms with Crippen LogP contribution < -0.4 is 0 Å². The van der Waals surface area contributed by atoms with Gasteiger partial charge >= 0.3 is 21.1 Å². The molecule has 0 spiro atoms. The molecule has 1 unspecified atom stereocenters. The van der Waals surface area contributed by atoms with Gasteiger partial charge in [-0.15, -0.1) is 6.42 Å². The van der Waals surface area contributed by atoms with Crippen LogP contribution in [-0.2, 0) is 21.1 Å². The molecule has 0 aliphatic carbocycles. The monoisotopic (exact) mass is 286 g/mol. The van der Waals surface area contributed by atoms with E-state index in [-0.39, 0.29) is 26.5 Å². The van der Waals surface area contributed by atoms with Gasteiger partial charge in [-0.05, 0) is 0 Å². The Morgan fingerprint density at radius 1 is 1.50 bits per heavy atom. The van der Waals surface area contributed by atoms with Gasteiger partial charge < -0.3 is 19.3 Å². The predicted molar refractivity (Wildman–Crippen MR) is 32.7 cm³/mol. The number of rotatable bonds is 2. The second kappa shape index (κ2) is 10.6. The van der Waals surface area contributed by atoms with Gasteiger partial charge in [0.25, 0.3) is 0 Å². The first-order chi connectivity index (χ1) is 2.77. The Bertz CT molecular complexity index is 29.7. The molecule has 8 heavy (non-hydrogen) atoms. The van der Waals surface area contributed by atoms with Crippen molar-refractivity contribution in [1.82, 2.24) is 0 Å². The van der Waals surface area contributed by atoms with Gasteiger partial charge in [0, 0.05) is 0 Å². The van der Waals surface area contributed by atoms with Crippen molar-refractivity contribution >= 4 is 0 Å². The average Bonchev–Trinajstić information content (AvgIpc) is 1.35. The molecule has 0 radical (unpaired) electrons. The van der Waals surface area contributed by atoms with E-state index in [0.29, 0.717) is 5.92 Å². The summed E-state index contributed by atoms with van der Waals surface area (Å²) in [7, 11) is 0. The normalized spacial score (nSPS) is 10.9. The van der Waals surface area contributed by atoms with Gasteiger partial charge in [0.15, 0.2) is 0 Å². The van der Waals surface area contributed by atoms with Crippen molar-refractivity contribution in [3.63, 3.8) is 0 Å². The first-order valence-corrected chi connectivity index (χ1v) is 2.39. The third-order valence-electron chi connectivity index (χ3n) is 0.697. The van der Waals surface area contributed by atoms with Crippen molar-refractivity contribution < 1.29 is 26.5 Å². The predicted octanol–water partition coefficient (Wildman–Crippen LogP) is 1.24. The van der Waals surface area contributed by atoms with E-state index in [9.17, 15) is 0 Å². The topological polar surface area (TPSA) is 31.5 Å². The quantitative estimate of drug-likeness (QED) is 0.684. The van der Waals surface area contributed by atoms with E-state index in [1.54, 1.807) is 0 Å². The zero-order chi connectivity index (χ0) is 4.99. The van der Waals surface area contributed by atoms with Crippen LogP contribution in [0.2, 0.25) is 0 Å². The van der Waals surface area contributed by atoms with Gasteiger partial charge in [-0.3, -0.25) is 0 Å². The Morgan fingerprint density at radius 3 is 1.88 bits per heavy atom. The zero-order valence-corrected chi connectivity index (χ0v) is 8.25. The Labute approximate surface area is 66.4 Å². The average molecular weight is 286 g/mol. The van der Waals surface area contributed by atoms with Gasteiger partial charge in [-0.2, -0.15) is 12.3 Å². The molecular formula is C6H14OW. The van der Waals surface area contributed by atoms with Gasteiger partial charge in [0.05, 0.1) is 0 Å². The van der Waals surface area contributed by atoms with Crippen LogP contribution in [0.25, 0.3) is 0 Å². The molecule has 0 bridgehead atoms. The fourth-order valence-corrected chi connectivity index (χ4v) is 0.348. The van der Waals surface area contributed by atoms with E-state index < -0.39 is 0 Å². The SMILES string of the molecule is O.[CH2-]CCC([CH2-])C.[W+2]. The summed E-state index contributed by atoms with van der Waals surface area (Å²) >= 11 is 0. The molecular weight excluding hydrogens is 272 g/mol.